The van der Waals surface area contributed by atoms with Gasteiger partial charge in [-0.05, 0) is 12.1 Å². The molecular weight excluding hydrogens is 311 g/mol. The SMILES string of the molecule is CC(C)(C)c1cs[n+](-c2c(Cl)cc(Cl)cc2Cl)n1. The van der Waals surface area contributed by atoms with Gasteiger partial charge in [0.15, 0.2) is 11.5 Å². The number of halogens is 3. The zero-order valence-electron chi connectivity index (χ0n) is 10.2. The maximum Gasteiger partial charge on any atom is 0.290 e. The summed E-state index contributed by atoms with van der Waals surface area (Å²) >= 11 is 19.7. The second kappa shape index (κ2) is 4.97. The molecule has 1 heterocycles. The summed E-state index contributed by atoms with van der Waals surface area (Å²) < 4.78 is 1.72. The fourth-order valence-corrected chi connectivity index (χ4v) is 3.51. The fraction of sp³-hybridized carbons (Fsp3) is 0.333. The lowest BCUT2D eigenvalue weighted by molar-refractivity contribution is -0.588. The van der Waals surface area contributed by atoms with Gasteiger partial charge in [-0.1, -0.05) is 55.6 Å². The molecule has 2 aromatic rings. The van der Waals surface area contributed by atoms with Gasteiger partial charge in [0, 0.05) is 19.6 Å². The number of rotatable bonds is 1. The molecule has 0 bridgehead atoms. The molecule has 2 nitrogen and oxygen atoms in total. The minimum Gasteiger partial charge on any atom is -0.0842 e. The van der Waals surface area contributed by atoms with Crippen LogP contribution in [0.15, 0.2) is 17.5 Å². The van der Waals surface area contributed by atoms with Crippen molar-refractivity contribution in [3.8, 4) is 5.69 Å². The molecule has 0 spiro atoms. The fourth-order valence-electron chi connectivity index (χ4n) is 1.39. The van der Waals surface area contributed by atoms with Gasteiger partial charge in [0.05, 0.1) is 5.38 Å². The van der Waals surface area contributed by atoms with Gasteiger partial charge in [-0.3, -0.25) is 0 Å². The molecule has 0 aliphatic carbocycles. The highest BCUT2D eigenvalue weighted by molar-refractivity contribution is 6.99. The molecule has 1 aromatic carbocycles. The molecule has 1 aromatic heterocycles. The first-order chi connectivity index (χ1) is 8.29. The molecule has 0 fully saturated rings. The maximum absolute atomic E-state index is 6.17. The van der Waals surface area contributed by atoms with Crippen LogP contribution in [0.3, 0.4) is 0 Å². The number of hydrogen-bond donors (Lipinski definition) is 0. The first-order valence-electron chi connectivity index (χ1n) is 5.33. The number of nitrogens with zero attached hydrogens (tertiary/aromatic N) is 2. The first-order valence-corrected chi connectivity index (χ1v) is 7.30. The Balaban J connectivity index is 2.53. The van der Waals surface area contributed by atoms with Gasteiger partial charge in [-0.15, -0.1) is 0 Å². The molecule has 0 atom stereocenters. The van der Waals surface area contributed by atoms with Crippen LogP contribution in [0.4, 0.5) is 0 Å². The second-order valence-electron chi connectivity index (χ2n) is 4.95. The molecule has 0 N–H and O–H groups in total. The number of hydrogen-bond acceptors (Lipinski definition) is 2. The van der Waals surface area contributed by atoms with E-state index in [-0.39, 0.29) is 5.41 Å². The minimum absolute atomic E-state index is 0.00682. The monoisotopic (exact) mass is 321 g/mol. The molecule has 0 radical (unpaired) electrons. The summed E-state index contributed by atoms with van der Waals surface area (Å²) in [5.74, 6) is 0. The van der Waals surface area contributed by atoms with Gasteiger partial charge in [0.2, 0.25) is 0 Å². The van der Waals surface area contributed by atoms with Crippen LogP contribution < -0.4 is 4.07 Å². The van der Waals surface area contributed by atoms with Crippen molar-refractivity contribution in [2.75, 3.05) is 0 Å². The van der Waals surface area contributed by atoms with Crippen molar-refractivity contribution in [2.45, 2.75) is 26.2 Å². The molecule has 0 unspecified atom stereocenters. The summed E-state index contributed by atoms with van der Waals surface area (Å²) in [6.07, 6.45) is 0. The predicted octanol–water partition coefficient (Wildman–Crippen LogP) is 4.68. The van der Waals surface area contributed by atoms with E-state index in [9.17, 15) is 0 Å². The average Bonchev–Trinajstić information content (AvgIpc) is 2.64. The largest absolute Gasteiger partial charge is 0.290 e. The predicted molar refractivity (Wildman–Crippen MR) is 77.4 cm³/mol. The molecule has 96 valence electrons. The van der Waals surface area contributed by atoms with Crippen LogP contribution in [0.1, 0.15) is 26.5 Å². The zero-order valence-corrected chi connectivity index (χ0v) is 13.3. The van der Waals surface area contributed by atoms with Crippen molar-refractivity contribution >= 4 is 46.3 Å². The molecule has 6 heteroatoms. The third-order valence-corrected chi connectivity index (χ3v) is 3.99. The highest BCUT2D eigenvalue weighted by atomic mass is 35.5. The Morgan fingerprint density at radius 2 is 1.67 bits per heavy atom. The Kier molecular flexibility index (Phi) is 3.88. The zero-order chi connectivity index (χ0) is 13.5. The van der Waals surface area contributed by atoms with Crippen molar-refractivity contribution in [1.82, 2.24) is 5.10 Å². The van der Waals surface area contributed by atoms with Crippen molar-refractivity contribution < 1.29 is 4.07 Å². The van der Waals surface area contributed by atoms with Gasteiger partial charge in [0.1, 0.15) is 15.7 Å². The van der Waals surface area contributed by atoms with E-state index in [4.69, 9.17) is 34.8 Å². The first kappa shape index (κ1) is 14.1. The molecule has 0 amide bonds. The van der Waals surface area contributed by atoms with E-state index < -0.39 is 0 Å². The lowest BCUT2D eigenvalue weighted by Crippen LogP contribution is -2.31. The number of aromatic nitrogens is 2. The summed E-state index contributed by atoms with van der Waals surface area (Å²) in [5, 5.41) is 8.03. The van der Waals surface area contributed by atoms with Crippen LogP contribution in [0.5, 0.6) is 0 Å². The normalized spacial score (nSPS) is 11.9. The number of benzene rings is 1. The Morgan fingerprint density at radius 1 is 1.11 bits per heavy atom. The Hall–Kier alpha value is -0.350. The standard InChI is InChI=1S/C12H12Cl3N2S/c1-12(2,3)10-6-18-17(16-10)11-8(14)4-7(13)5-9(11)15/h4-6H,1-3H3/q+1. The van der Waals surface area contributed by atoms with Gasteiger partial charge in [-0.25, -0.2) is 0 Å². The molecular formula is C12H12Cl3N2S+. The van der Waals surface area contributed by atoms with E-state index >= 15 is 0 Å². The van der Waals surface area contributed by atoms with Crippen LogP contribution in [0, 0.1) is 0 Å². The van der Waals surface area contributed by atoms with E-state index in [0.29, 0.717) is 20.8 Å². The molecule has 0 aliphatic heterocycles. The highest BCUT2D eigenvalue weighted by Gasteiger charge is 2.27. The van der Waals surface area contributed by atoms with Gasteiger partial charge in [-0.2, -0.15) is 0 Å². The van der Waals surface area contributed by atoms with Crippen LogP contribution in [-0.2, 0) is 5.41 Å². The summed E-state index contributed by atoms with van der Waals surface area (Å²) in [7, 11) is 0. The second-order valence-corrected chi connectivity index (χ2v) is 6.99. The van der Waals surface area contributed by atoms with Crippen molar-refractivity contribution in [2.24, 2.45) is 0 Å². The summed E-state index contributed by atoms with van der Waals surface area (Å²) in [6, 6.07) is 3.32. The van der Waals surface area contributed by atoms with E-state index in [2.05, 4.69) is 25.9 Å². The molecule has 2 rings (SSSR count). The summed E-state index contributed by atoms with van der Waals surface area (Å²) in [4.78, 5) is 0. The molecule has 0 saturated carbocycles. The maximum atomic E-state index is 6.17. The van der Waals surface area contributed by atoms with Crippen LogP contribution in [0.2, 0.25) is 15.1 Å². The van der Waals surface area contributed by atoms with Gasteiger partial charge < -0.3 is 0 Å². The van der Waals surface area contributed by atoms with E-state index in [1.54, 1.807) is 16.2 Å². The molecule has 0 aliphatic rings. The lowest BCUT2D eigenvalue weighted by Gasteiger charge is -2.11. The summed E-state index contributed by atoms with van der Waals surface area (Å²) in [6.45, 7) is 6.33. The Morgan fingerprint density at radius 3 is 2.11 bits per heavy atom. The minimum atomic E-state index is -0.00682. The van der Waals surface area contributed by atoms with Crippen LogP contribution in [-0.4, -0.2) is 5.10 Å². The third-order valence-electron chi connectivity index (χ3n) is 2.40. The van der Waals surface area contributed by atoms with Crippen LogP contribution >= 0.6 is 46.3 Å². The van der Waals surface area contributed by atoms with E-state index in [1.165, 1.54) is 11.5 Å². The van der Waals surface area contributed by atoms with Crippen LogP contribution in [0.25, 0.3) is 5.69 Å². The highest BCUT2D eigenvalue weighted by Crippen LogP contribution is 2.30. The van der Waals surface area contributed by atoms with Gasteiger partial charge in [0.25, 0.3) is 5.69 Å². The quantitative estimate of drug-likeness (QED) is 0.697. The Bertz CT molecular complexity index is 564. The lowest BCUT2D eigenvalue weighted by atomic mass is 9.94. The average molecular weight is 323 g/mol. The van der Waals surface area contributed by atoms with E-state index in [0.717, 1.165) is 5.69 Å². The molecule has 18 heavy (non-hydrogen) atoms. The Labute approximate surface area is 125 Å². The smallest absolute Gasteiger partial charge is 0.0842 e. The van der Waals surface area contributed by atoms with Crippen molar-refractivity contribution in [1.29, 1.82) is 0 Å². The topological polar surface area (TPSA) is 16.8 Å². The van der Waals surface area contributed by atoms with Crippen molar-refractivity contribution in [3.05, 3.63) is 38.3 Å². The van der Waals surface area contributed by atoms with Crippen molar-refractivity contribution in [3.63, 3.8) is 0 Å². The van der Waals surface area contributed by atoms with E-state index in [1.807, 2.05) is 5.38 Å². The molecule has 0 saturated heterocycles. The summed E-state index contributed by atoms with van der Waals surface area (Å²) in [5.41, 5.74) is 1.66. The van der Waals surface area contributed by atoms with Gasteiger partial charge >= 0.3 is 0 Å². The third kappa shape index (κ3) is 2.80.